The van der Waals surface area contributed by atoms with Gasteiger partial charge in [0.05, 0.1) is 0 Å². The summed E-state index contributed by atoms with van der Waals surface area (Å²) in [6.07, 6.45) is 1.94. The average molecular weight is 372 g/mol. The number of hydrogen-bond acceptors (Lipinski definition) is 4. The molecule has 1 saturated heterocycles. The Morgan fingerprint density at radius 1 is 1.33 bits per heavy atom. The van der Waals surface area contributed by atoms with Crippen LogP contribution in [0.15, 0.2) is 16.5 Å². The fraction of sp³-hybridized carbons (Fsp3) is 0.550. The SMILES string of the molecule is Cc1ccc(-c2[nH]nc(NC(=O)C3CCCN3C(=O)CC(C)(C)C)c2C)o1. The Balaban J connectivity index is 1.71. The van der Waals surface area contributed by atoms with Crippen LogP contribution in [0.4, 0.5) is 5.82 Å². The van der Waals surface area contributed by atoms with Crippen LogP contribution in [-0.2, 0) is 9.59 Å². The number of anilines is 1. The first-order chi connectivity index (χ1) is 12.7. The number of hydrogen-bond donors (Lipinski definition) is 2. The van der Waals surface area contributed by atoms with Gasteiger partial charge in [0.25, 0.3) is 0 Å². The van der Waals surface area contributed by atoms with Crippen LogP contribution in [0.5, 0.6) is 0 Å². The molecule has 7 heteroatoms. The maximum atomic E-state index is 12.8. The Bertz CT molecular complexity index is 844. The second-order valence-electron chi connectivity index (χ2n) is 8.45. The van der Waals surface area contributed by atoms with Gasteiger partial charge in [0.1, 0.15) is 17.5 Å². The number of nitrogens with one attached hydrogen (secondary N) is 2. The van der Waals surface area contributed by atoms with E-state index in [9.17, 15) is 9.59 Å². The molecule has 3 rings (SSSR count). The molecule has 3 heterocycles. The number of nitrogens with zero attached hydrogens (tertiary/aromatic N) is 2. The fourth-order valence-corrected chi connectivity index (χ4v) is 3.42. The number of aryl methyl sites for hydroxylation is 1. The molecule has 2 aromatic heterocycles. The van der Waals surface area contributed by atoms with Crippen LogP contribution in [0.1, 0.15) is 51.4 Å². The minimum atomic E-state index is -0.440. The van der Waals surface area contributed by atoms with E-state index in [1.54, 1.807) is 4.90 Å². The molecule has 0 aliphatic carbocycles. The van der Waals surface area contributed by atoms with Gasteiger partial charge in [-0.15, -0.1) is 0 Å². The van der Waals surface area contributed by atoms with E-state index in [4.69, 9.17) is 4.42 Å². The van der Waals surface area contributed by atoms with Crippen LogP contribution in [0.25, 0.3) is 11.5 Å². The third-order valence-electron chi connectivity index (χ3n) is 4.80. The van der Waals surface area contributed by atoms with Crippen molar-refractivity contribution in [3.8, 4) is 11.5 Å². The van der Waals surface area contributed by atoms with Gasteiger partial charge < -0.3 is 14.6 Å². The Hall–Kier alpha value is -2.57. The number of carbonyl (C=O) groups excluding carboxylic acids is 2. The zero-order valence-corrected chi connectivity index (χ0v) is 16.7. The second kappa shape index (κ2) is 7.21. The molecule has 1 atom stereocenters. The summed E-state index contributed by atoms with van der Waals surface area (Å²) in [6.45, 7) is 10.5. The molecule has 1 fully saturated rings. The summed E-state index contributed by atoms with van der Waals surface area (Å²) < 4.78 is 5.63. The third-order valence-corrected chi connectivity index (χ3v) is 4.80. The minimum absolute atomic E-state index is 0.0330. The molecule has 27 heavy (non-hydrogen) atoms. The van der Waals surface area contributed by atoms with Gasteiger partial charge in [-0.3, -0.25) is 14.7 Å². The summed E-state index contributed by atoms with van der Waals surface area (Å²) in [5.74, 6) is 1.81. The van der Waals surface area contributed by atoms with E-state index in [1.807, 2.05) is 46.8 Å². The van der Waals surface area contributed by atoms with Crippen LogP contribution in [0.3, 0.4) is 0 Å². The molecule has 0 bridgehead atoms. The lowest BCUT2D eigenvalue weighted by atomic mass is 9.91. The summed E-state index contributed by atoms with van der Waals surface area (Å²) in [4.78, 5) is 27.1. The van der Waals surface area contributed by atoms with Gasteiger partial charge in [-0.05, 0) is 44.2 Å². The summed E-state index contributed by atoms with van der Waals surface area (Å²) in [5, 5.41) is 10.0. The molecular formula is C20H28N4O3. The molecule has 7 nitrogen and oxygen atoms in total. The third kappa shape index (κ3) is 4.23. The topological polar surface area (TPSA) is 91.2 Å². The van der Waals surface area contributed by atoms with Gasteiger partial charge >= 0.3 is 0 Å². The van der Waals surface area contributed by atoms with Gasteiger partial charge in [0.15, 0.2) is 11.6 Å². The fourth-order valence-electron chi connectivity index (χ4n) is 3.42. The van der Waals surface area contributed by atoms with Crippen molar-refractivity contribution in [2.24, 2.45) is 5.41 Å². The molecule has 0 radical (unpaired) electrons. The normalized spacial score (nSPS) is 17.4. The molecule has 0 saturated carbocycles. The first-order valence-corrected chi connectivity index (χ1v) is 9.38. The molecule has 2 aromatic rings. The smallest absolute Gasteiger partial charge is 0.248 e. The lowest BCUT2D eigenvalue weighted by Gasteiger charge is -2.27. The Labute approximate surface area is 159 Å². The number of furan rings is 1. The zero-order valence-electron chi connectivity index (χ0n) is 16.7. The highest BCUT2D eigenvalue weighted by atomic mass is 16.3. The predicted octanol–water partition coefficient (Wildman–Crippen LogP) is 3.65. The van der Waals surface area contributed by atoms with Gasteiger partial charge in [-0.2, -0.15) is 5.10 Å². The number of H-pyrrole nitrogens is 1. The van der Waals surface area contributed by atoms with Crippen LogP contribution in [0, 0.1) is 19.3 Å². The minimum Gasteiger partial charge on any atom is -0.460 e. The van der Waals surface area contributed by atoms with Gasteiger partial charge in [0, 0.05) is 18.5 Å². The average Bonchev–Trinajstić information content (AvgIpc) is 3.27. The highest BCUT2D eigenvalue weighted by Crippen LogP contribution is 2.29. The molecule has 2 N–H and O–H groups in total. The molecule has 2 amide bonds. The van der Waals surface area contributed by atoms with Crippen molar-refractivity contribution in [3.05, 3.63) is 23.5 Å². The van der Waals surface area contributed by atoms with Gasteiger partial charge in [-0.1, -0.05) is 20.8 Å². The zero-order chi connectivity index (χ0) is 19.8. The molecule has 1 aliphatic rings. The monoisotopic (exact) mass is 372 g/mol. The molecule has 1 aliphatic heterocycles. The van der Waals surface area contributed by atoms with Crippen LogP contribution in [-0.4, -0.2) is 39.5 Å². The van der Waals surface area contributed by atoms with Crippen LogP contribution in [0.2, 0.25) is 0 Å². The Morgan fingerprint density at radius 3 is 2.70 bits per heavy atom. The number of amides is 2. The number of carbonyl (C=O) groups is 2. The lowest BCUT2D eigenvalue weighted by Crippen LogP contribution is -2.44. The van der Waals surface area contributed by atoms with E-state index >= 15 is 0 Å². The van der Waals surface area contributed by atoms with Crippen molar-refractivity contribution in [1.82, 2.24) is 15.1 Å². The quantitative estimate of drug-likeness (QED) is 0.857. The van der Waals surface area contributed by atoms with Crippen molar-refractivity contribution in [2.75, 3.05) is 11.9 Å². The van der Waals surface area contributed by atoms with Gasteiger partial charge in [0.2, 0.25) is 11.8 Å². The Morgan fingerprint density at radius 2 is 2.07 bits per heavy atom. The van der Waals surface area contributed by atoms with Crippen molar-refractivity contribution >= 4 is 17.6 Å². The van der Waals surface area contributed by atoms with Crippen LogP contribution >= 0.6 is 0 Å². The largest absolute Gasteiger partial charge is 0.460 e. The Kier molecular flexibility index (Phi) is 5.13. The molecule has 0 aromatic carbocycles. The number of aromatic amines is 1. The summed E-state index contributed by atoms with van der Waals surface area (Å²) in [7, 11) is 0. The maximum absolute atomic E-state index is 12.8. The first-order valence-electron chi connectivity index (χ1n) is 9.38. The van der Waals surface area contributed by atoms with E-state index in [0.29, 0.717) is 31.0 Å². The van der Waals surface area contributed by atoms with Crippen molar-refractivity contribution in [2.45, 2.75) is 59.9 Å². The summed E-state index contributed by atoms with van der Waals surface area (Å²) >= 11 is 0. The number of rotatable bonds is 4. The number of likely N-dealkylation sites (tertiary alicyclic amines) is 1. The van der Waals surface area contributed by atoms with E-state index in [0.717, 1.165) is 23.4 Å². The molecule has 146 valence electrons. The maximum Gasteiger partial charge on any atom is 0.248 e. The van der Waals surface area contributed by atoms with Crippen molar-refractivity contribution in [1.29, 1.82) is 0 Å². The number of aromatic nitrogens is 2. The van der Waals surface area contributed by atoms with Crippen LogP contribution < -0.4 is 5.32 Å². The van der Waals surface area contributed by atoms with Crippen molar-refractivity contribution < 1.29 is 14.0 Å². The molecule has 0 spiro atoms. The first kappa shape index (κ1) is 19.2. The molecular weight excluding hydrogens is 344 g/mol. The summed E-state index contributed by atoms with van der Waals surface area (Å²) in [5.41, 5.74) is 1.45. The summed E-state index contributed by atoms with van der Waals surface area (Å²) in [6, 6.07) is 3.31. The van der Waals surface area contributed by atoms with E-state index in [2.05, 4.69) is 15.5 Å². The highest BCUT2D eigenvalue weighted by molar-refractivity contribution is 5.97. The van der Waals surface area contributed by atoms with Crippen molar-refractivity contribution in [3.63, 3.8) is 0 Å². The van der Waals surface area contributed by atoms with E-state index in [1.165, 1.54) is 0 Å². The highest BCUT2D eigenvalue weighted by Gasteiger charge is 2.35. The predicted molar refractivity (Wildman–Crippen MR) is 103 cm³/mol. The standard InChI is InChI=1S/C20H28N4O3/c1-12-8-9-15(27-12)17-13(2)18(23-22-17)21-19(26)14-7-6-10-24(14)16(25)11-20(3,4)5/h8-9,14H,6-7,10-11H2,1-5H3,(H2,21,22,23,26). The van der Waals surface area contributed by atoms with E-state index in [-0.39, 0.29) is 17.2 Å². The second-order valence-corrected chi connectivity index (χ2v) is 8.45. The lowest BCUT2D eigenvalue weighted by molar-refractivity contribution is -0.138. The van der Waals surface area contributed by atoms with Gasteiger partial charge in [-0.25, -0.2) is 0 Å². The molecule has 1 unspecified atom stereocenters. The van der Waals surface area contributed by atoms with E-state index < -0.39 is 6.04 Å².